The Morgan fingerprint density at radius 1 is 1.42 bits per heavy atom. The first-order chi connectivity index (χ1) is 12.4. The molecule has 136 valence electrons. The van der Waals surface area contributed by atoms with Crippen LogP contribution in [0.15, 0.2) is 47.2 Å². The Morgan fingerprint density at radius 3 is 2.69 bits per heavy atom. The van der Waals surface area contributed by atoms with E-state index in [0.717, 1.165) is 22.0 Å². The predicted octanol–water partition coefficient (Wildman–Crippen LogP) is 2.57. The van der Waals surface area contributed by atoms with Gasteiger partial charge in [-0.15, -0.1) is 5.10 Å². The highest BCUT2D eigenvalue weighted by molar-refractivity contribution is 5.86. The number of amides is 1. The molecule has 0 radical (unpaired) electrons. The number of nitrogens with one attached hydrogen (secondary N) is 1. The molecule has 0 fully saturated rings. The first kappa shape index (κ1) is 18.8. The molecule has 0 aliphatic heterocycles. The van der Waals surface area contributed by atoms with E-state index in [1.165, 1.54) is 13.3 Å². The van der Waals surface area contributed by atoms with Crippen molar-refractivity contribution >= 4 is 23.9 Å². The Balaban J connectivity index is 2.01. The Bertz CT molecular complexity index is 842. The Labute approximate surface area is 150 Å². The van der Waals surface area contributed by atoms with Crippen LogP contribution in [0.1, 0.15) is 25.5 Å². The SMILES string of the molecule is COc1nn(C(C)C(=O)N/N=C\C(C)=C\c2ccccc2)cc1[N+](=O)[O-]. The molecule has 1 heterocycles. The lowest BCUT2D eigenvalue weighted by atomic mass is 10.1. The Hall–Kier alpha value is -3.49. The molecule has 9 heteroatoms. The lowest BCUT2D eigenvalue weighted by molar-refractivity contribution is -0.385. The van der Waals surface area contributed by atoms with E-state index in [1.54, 1.807) is 6.92 Å². The molecular weight excluding hydrogens is 338 g/mol. The van der Waals surface area contributed by atoms with Crippen molar-refractivity contribution in [1.29, 1.82) is 0 Å². The van der Waals surface area contributed by atoms with Gasteiger partial charge in [0.15, 0.2) is 0 Å². The van der Waals surface area contributed by atoms with Crippen LogP contribution in [0.2, 0.25) is 0 Å². The summed E-state index contributed by atoms with van der Waals surface area (Å²) in [7, 11) is 1.27. The number of hydrogen-bond donors (Lipinski definition) is 1. The van der Waals surface area contributed by atoms with Crippen molar-refractivity contribution in [3.05, 3.63) is 57.8 Å². The number of methoxy groups -OCH3 is 1. The zero-order chi connectivity index (χ0) is 19.1. The maximum Gasteiger partial charge on any atom is 0.350 e. The number of nitrogens with zero attached hydrogens (tertiary/aromatic N) is 4. The number of hydrazone groups is 1. The predicted molar refractivity (Wildman–Crippen MR) is 96.9 cm³/mol. The van der Waals surface area contributed by atoms with Crippen LogP contribution in [0.5, 0.6) is 5.88 Å². The van der Waals surface area contributed by atoms with Gasteiger partial charge in [-0.05, 0) is 25.0 Å². The summed E-state index contributed by atoms with van der Waals surface area (Å²) in [6.45, 7) is 3.40. The molecule has 0 bridgehead atoms. The van der Waals surface area contributed by atoms with Gasteiger partial charge in [-0.1, -0.05) is 36.4 Å². The van der Waals surface area contributed by atoms with Crippen LogP contribution in [0.3, 0.4) is 0 Å². The van der Waals surface area contributed by atoms with Crippen molar-refractivity contribution in [1.82, 2.24) is 15.2 Å². The zero-order valence-electron chi connectivity index (χ0n) is 14.6. The molecule has 1 aromatic heterocycles. The largest absolute Gasteiger partial charge is 0.475 e. The van der Waals surface area contributed by atoms with Gasteiger partial charge in [0.1, 0.15) is 12.2 Å². The van der Waals surface area contributed by atoms with Crippen molar-refractivity contribution in [2.75, 3.05) is 7.11 Å². The summed E-state index contributed by atoms with van der Waals surface area (Å²) in [4.78, 5) is 22.4. The minimum atomic E-state index is -0.798. The highest BCUT2D eigenvalue weighted by Crippen LogP contribution is 2.25. The topological polar surface area (TPSA) is 112 Å². The van der Waals surface area contributed by atoms with Gasteiger partial charge >= 0.3 is 11.6 Å². The van der Waals surface area contributed by atoms with Crippen molar-refractivity contribution in [2.24, 2.45) is 5.10 Å². The summed E-state index contributed by atoms with van der Waals surface area (Å²) in [5.41, 5.74) is 3.95. The van der Waals surface area contributed by atoms with Crippen LogP contribution in [-0.4, -0.2) is 33.9 Å². The summed E-state index contributed by atoms with van der Waals surface area (Å²) < 4.78 is 6.01. The molecule has 1 amide bonds. The molecule has 0 aliphatic rings. The third kappa shape index (κ3) is 4.76. The fourth-order valence-electron chi connectivity index (χ4n) is 2.10. The highest BCUT2D eigenvalue weighted by Gasteiger charge is 2.25. The summed E-state index contributed by atoms with van der Waals surface area (Å²) >= 11 is 0. The Morgan fingerprint density at radius 2 is 2.12 bits per heavy atom. The molecular formula is C17H19N5O4. The lowest BCUT2D eigenvalue weighted by Crippen LogP contribution is -2.27. The third-order valence-corrected chi connectivity index (χ3v) is 3.48. The maximum atomic E-state index is 12.1. The number of carbonyl (C=O) groups excluding carboxylic acids is 1. The molecule has 0 saturated heterocycles. The number of benzene rings is 1. The summed E-state index contributed by atoms with van der Waals surface area (Å²) in [5.74, 6) is -0.617. The normalized spacial score (nSPS) is 12.8. The fraction of sp³-hybridized carbons (Fsp3) is 0.235. The van der Waals surface area contributed by atoms with E-state index in [9.17, 15) is 14.9 Å². The summed E-state index contributed by atoms with van der Waals surface area (Å²) in [6, 6.07) is 8.89. The number of nitro groups is 1. The minimum Gasteiger partial charge on any atom is -0.475 e. The van der Waals surface area contributed by atoms with Crippen molar-refractivity contribution in [2.45, 2.75) is 19.9 Å². The monoisotopic (exact) mass is 357 g/mol. The van der Waals surface area contributed by atoms with Crippen LogP contribution in [-0.2, 0) is 4.79 Å². The van der Waals surface area contributed by atoms with E-state index in [2.05, 4.69) is 15.6 Å². The number of aromatic nitrogens is 2. The summed E-state index contributed by atoms with van der Waals surface area (Å²) in [6.07, 6.45) is 4.58. The van der Waals surface area contributed by atoms with Gasteiger partial charge < -0.3 is 4.74 Å². The van der Waals surface area contributed by atoms with Gasteiger partial charge in [0.2, 0.25) is 0 Å². The Kier molecular flexibility index (Phi) is 6.20. The maximum absolute atomic E-state index is 12.1. The molecule has 26 heavy (non-hydrogen) atoms. The molecule has 0 saturated carbocycles. The second-order valence-corrected chi connectivity index (χ2v) is 5.47. The van der Waals surface area contributed by atoms with Crippen LogP contribution in [0, 0.1) is 10.1 Å². The van der Waals surface area contributed by atoms with E-state index in [4.69, 9.17) is 4.74 Å². The molecule has 2 aromatic rings. The molecule has 9 nitrogen and oxygen atoms in total. The average molecular weight is 357 g/mol. The highest BCUT2D eigenvalue weighted by atomic mass is 16.6. The number of rotatable bonds is 7. The standard InChI is InChI=1S/C17H19N5O4/c1-12(9-14-7-5-4-6-8-14)10-18-19-16(23)13(2)21-11-15(22(24)25)17(20-21)26-3/h4-11,13H,1-3H3,(H,19,23)/b12-9+,18-10-. The second-order valence-electron chi connectivity index (χ2n) is 5.47. The van der Waals surface area contributed by atoms with Gasteiger partial charge in [0, 0.05) is 0 Å². The number of ether oxygens (including phenoxy) is 1. The van der Waals surface area contributed by atoms with Gasteiger partial charge in [-0.2, -0.15) is 5.10 Å². The van der Waals surface area contributed by atoms with E-state index >= 15 is 0 Å². The van der Waals surface area contributed by atoms with Gasteiger partial charge in [0.25, 0.3) is 5.91 Å². The molecule has 2 rings (SSSR count). The molecule has 1 N–H and O–H groups in total. The van der Waals surface area contributed by atoms with E-state index in [0.29, 0.717) is 0 Å². The number of hydrogen-bond acceptors (Lipinski definition) is 6. The van der Waals surface area contributed by atoms with Crippen molar-refractivity contribution in [3.63, 3.8) is 0 Å². The number of allylic oxidation sites excluding steroid dienone is 1. The third-order valence-electron chi connectivity index (χ3n) is 3.48. The zero-order valence-corrected chi connectivity index (χ0v) is 14.6. The van der Waals surface area contributed by atoms with Gasteiger partial charge in [-0.3, -0.25) is 14.9 Å². The first-order valence-corrected chi connectivity index (χ1v) is 7.76. The van der Waals surface area contributed by atoms with Crippen LogP contribution in [0.25, 0.3) is 6.08 Å². The molecule has 1 unspecified atom stereocenters. The van der Waals surface area contributed by atoms with Crippen molar-refractivity contribution in [3.8, 4) is 5.88 Å². The van der Waals surface area contributed by atoms with Crippen LogP contribution in [0.4, 0.5) is 5.69 Å². The smallest absolute Gasteiger partial charge is 0.350 e. The fourth-order valence-corrected chi connectivity index (χ4v) is 2.10. The first-order valence-electron chi connectivity index (χ1n) is 7.76. The van der Waals surface area contributed by atoms with E-state index in [-0.39, 0.29) is 11.6 Å². The lowest BCUT2D eigenvalue weighted by Gasteiger charge is -2.09. The van der Waals surface area contributed by atoms with E-state index < -0.39 is 16.9 Å². The molecule has 0 spiro atoms. The van der Waals surface area contributed by atoms with Gasteiger partial charge in [0.05, 0.1) is 18.2 Å². The summed E-state index contributed by atoms with van der Waals surface area (Å²) in [5, 5.41) is 18.7. The van der Waals surface area contributed by atoms with Crippen LogP contribution < -0.4 is 10.2 Å². The second kappa shape index (κ2) is 8.56. The van der Waals surface area contributed by atoms with Crippen LogP contribution >= 0.6 is 0 Å². The molecule has 1 atom stereocenters. The quantitative estimate of drug-likeness (QED) is 0.465. The number of carbonyl (C=O) groups is 1. The molecule has 1 aromatic carbocycles. The average Bonchev–Trinajstić information content (AvgIpc) is 3.06. The van der Waals surface area contributed by atoms with Gasteiger partial charge in [-0.25, -0.2) is 10.1 Å². The van der Waals surface area contributed by atoms with E-state index in [1.807, 2.05) is 43.3 Å². The minimum absolute atomic E-state index is 0.153. The van der Waals surface area contributed by atoms with Crippen molar-refractivity contribution < 1.29 is 14.5 Å². The molecule has 0 aliphatic carbocycles.